The lowest BCUT2D eigenvalue weighted by Gasteiger charge is -2.15. The van der Waals surface area contributed by atoms with E-state index in [-0.39, 0.29) is 23.0 Å². The molecule has 0 heterocycles. The van der Waals surface area contributed by atoms with Gasteiger partial charge in [-0.1, -0.05) is 0 Å². The Labute approximate surface area is 152 Å². The Morgan fingerprint density at radius 1 is 0.538 bits per heavy atom. The van der Waals surface area contributed by atoms with Crippen molar-refractivity contribution in [2.24, 2.45) is 0 Å². The second-order valence-corrected chi connectivity index (χ2v) is 6.77. The van der Waals surface area contributed by atoms with Crippen LogP contribution in [0.1, 0.15) is 22.3 Å². The van der Waals surface area contributed by atoms with Crippen LogP contribution in [0.3, 0.4) is 0 Å². The van der Waals surface area contributed by atoms with Crippen LogP contribution in [0.15, 0.2) is 36.4 Å². The molecule has 0 aliphatic heterocycles. The number of rotatable bonds is 2. The Balaban J connectivity index is 2.26. The fourth-order valence-corrected chi connectivity index (χ4v) is 3.31. The lowest BCUT2D eigenvalue weighted by molar-refractivity contribution is 0.454. The summed E-state index contributed by atoms with van der Waals surface area (Å²) in [6.07, 6.45) is 0. The van der Waals surface area contributed by atoms with E-state index in [1.165, 1.54) is 0 Å². The summed E-state index contributed by atoms with van der Waals surface area (Å²) in [7, 11) is 0. The number of benzene rings is 3. The van der Waals surface area contributed by atoms with Crippen LogP contribution >= 0.6 is 0 Å². The molecular weight excluding hydrogens is 328 g/mol. The van der Waals surface area contributed by atoms with Gasteiger partial charge in [0.15, 0.2) is 0 Å². The van der Waals surface area contributed by atoms with E-state index in [0.717, 1.165) is 5.56 Å². The maximum atomic E-state index is 10.9. The third-order valence-corrected chi connectivity index (χ3v) is 4.74. The van der Waals surface area contributed by atoms with Crippen molar-refractivity contribution in [1.29, 1.82) is 0 Å². The van der Waals surface area contributed by atoms with E-state index >= 15 is 0 Å². The highest BCUT2D eigenvalue weighted by Gasteiger charge is 2.18. The first-order valence-electron chi connectivity index (χ1n) is 8.36. The summed E-state index contributed by atoms with van der Waals surface area (Å²) in [6, 6.07) is 10.2. The van der Waals surface area contributed by atoms with Crippen LogP contribution in [-0.2, 0) is 0 Å². The number of hydrogen-bond acceptors (Lipinski definition) is 4. The van der Waals surface area contributed by atoms with Gasteiger partial charge in [0.05, 0.1) is 5.56 Å². The molecule has 0 fully saturated rings. The second-order valence-electron chi connectivity index (χ2n) is 6.77. The monoisotopic (exact) mass is 350 g/mol. The SMILES string of the molecule is Cc1cc(-c2ccc(O)c(-c3cc(C)c(O)c(C)c3)c2O)cc(C)c1O. The molecule has 0 bridgehead atoms. The first kappa shape index (κ1) is 17.7. The van der Waals surface area contributed by atoms with Crippen LogP contribution in [0.25, 0.3) is 22.3 Å². The molecule has 0 unspecified atom stereocenters. The maximum Gasteiger partial charge on any atom is 0.134 e. The highest BCUT2D eigenvalue weighted by Crippen LogP contribution is 2.45. The van der Waals surface area contributed by atoms with Gasteiger partial charge in [-0.25, -0.2) is 0 Å². The van der Waals surface area contributed by atoms with Crippen molar-refractivity contribution in [3.63, 3.8) is 0 Å². The van der Waals surface area contributed by atoms with Crippen LogP contribution in [0.2, 0.25) is 0 Å². The highest BCUT2D eigenvalue weighted by atomic mass is 16.3. The van der Waals surface area contributed by atoms with Gasteiger partial charge in [0.25, 0.3) is 0 Å². The molecule has 0 saturated carbocycles. The van der Waals surface area contributed by atoms with E-state index in [9.17, 15) is 20.4 Å². The lowest BCUT2D eigenvalue weighted by Crippen LogP contribution is -1.90. The van der Waals surface area contributed by atoms with Gasteiger partial charge < -0.3 is 20.4 Å². The Bertz CT molecular complexity index is 973. The number of phenolic OH excluding ortho intramolecular Hbond substituents is 4. The predicted octanol–water partition coefficient (Wildman–Crippen LogP) is 5.08. The molecule has 3 rings (SSSR count). The fraction of sp³-hybridized carbons (Fsp3) is 0.182. The lowest BCUT2D eigenvalue weighted by atomic mass is 9.93. The zero-order chi connectivity index (χ0) is 19.2. The van der Waals surface area contributed by atoms with Crippen molar-refractivity contribution in [1.82, 2.24) is 0 Å². The smallest absolute Gasteiger partial charge is 0.134 e. The van der Waals surface area contributed by atoms with Gasteiger partial charge in [0, 0.05) is 5.56 Å². The van der Waals surface area contributed by atoms with Gasteiger partial charge in [-0.2, -0.15) is 0 Å². The third-order valence-electron chi connectivity index (χ3n) is 4.74. The van der Waals surface area contributed by atoms with Gasteiger partial charge in [-0.15, -0.1) is 0 Å². The largest absolute Gasteiger partial charge is 0.507 e. The molecule has 0 aliphatic carbocycles. The summed E-state index contributed by atoms with van der Waals surface area (Å²) in [5.74, 6) is 0.354. The van der Waals surface area contributed by atoms with Crippen LogP contribution in [0.4, 0.5) is 0 Å². The topological polar surface area (TPSA) is 80.9 Å². The van der Waals surface area contributed by atoms with Gasteiger partial charge in [-0.3, -0.25) is 0 Å². The molecule has 0 aromatic heterocycles. The van der Waals surface area contributed by atoms with Crippen molar-refractivity contribution < 1.29 is 20.4 Å². The average Bonchev–Trinajstić information content (AvgIpc) is 2.57. The zero-order valence-corrected chi connectivity index (χ0v) is 15.3. The standard InChI is InChI=1S/C22H22O4/c1-11-7-15(8-12(2)20(11)24)17-5-6-18(23)19(22(17)26)16-9-13(3)21(25)14(4)10-16/h5-10,23-26H,1-4H3. The molecular formula is C22H22O4. The molecule has 0 amide bonds. The summed E-state index contributed by atoms with van der Waals surface area (Å²) >= 11 is 0. The van der Waals surface area contributed by atoms with Crippen LogP contribution in [0.5, 0.6) is 23.0 Å². The van der Waals surface area contributed by atoms with E-state index in [1.54, 1.807) is 64.1 Å². The molecule has 134 valence electrons. The molecule has 3 aromatic carbocycles. The zero-order valence-electron chi connectivity index (χ0n) is 15.3. The molecule has 0 saturated heterocycles. The van der Waals surface area contributed by atoms with Crippen molar-refractivity contribution in [2.75, 3.05) is 0 Å². The molecule has 0 spiro atoms. The van der Waals surface area contributed by atoms with Crippen LogP contribution in [0, 0.1) is 27.7 Å². The average molecular weight is 350 g/mol. The number of aromatic hydroxyl groups is 4. The van der Waals surface area contributed by atoms with E-state index < -0.39 is 0 Å². The molecule has 3 aromatic rings. The summed E-state index contributed by atoms with van der Waals surface area (Å²) < 4.78 is 0. The summed E-state index contributed by atoms with van der Waals surface area (Å²) in [5.41, 5.74) is 5.02. The van der Waals surface area contributed by atoms with Gasteiger partial charge >= 0.3 is 0 Å². The maximum absolute atomic E-state index is 10.9. The Kier molecular flexibility index (Phi) is 4.28. The summed E-state index contributed by atoms with van der Waals surface area (Å²) in [4.78, 5) is 0. The Morgan fingerprint density at radius 3 is 1.42 bits per heavy atom. The third kappa shape index (κ3) is 2.84. The minimum Gasteiger partial charge on any atom is -0.507 e. The van der Waals surface area contributed by atoms with Gasteiger partial charge in [0.1, 0.15) is 23.0 Å². The normalized spacial score (nSPS) is 10.9. The van der Waals surface area contributed by atoms with Crippen molar-refractivity contribution in [3.8, 4) is 45.3 Å². The molecule has 0 atom stereocenters. The first-order valence-corrected chi connectivity index (χ1v) is 8.36. The van der Waals surface area contributed by atoms with Crippen molar-refractivity contribution in [2.45, 2.75) is 27.7 Å². The molecule has 4 heteroatoms. The Hall–Kier alpha value is -3.14. The second kappa shape index (κ2) is 6.30. The highest BCUT2D eigenvalue weighted by molar-refractivity contribution is 5.87. The molecule has 26 heavy (non-hydrogen) atoms. The minimum absolute atomic E-state index is 0.0389. The molecule has 0 radical (unpaired) electrons. The van der Waals surface area contributed by atoms with E-state index in [0.29, 0.717) is 38.9 Å². The summed E-state index contributed by atoms with van der Waals surface area (Å²) in [6.45, 7) is 7.15. The number of phenols is 4. The molecule has 4 nitrogen and oxygen atoms in total. The van der Waals surface area contributed by atoms with Gasteiger partial charge in [0.2, 0.25) is 0 Å². The van der Waals surface area contributed by atoms with Crippen molar-refractivity contribution in [3.05, 3.63) is 58.7 Å². The predicted molar refractivity (Wildman–Crippen MR) is 103 cm³/mol. The fourth-order valence-electron chi connectivity index (χ4n) is 3.31. The quantitative estimate of drug-likeness (QED) is 0.520. The van der Waals surface area contributed by atoms with E-state index in [4.69, 9.17) is 0 Å². The molecule has 4 N–H and O–H groups in total. The summed E-state index contributed by atoms with van der Waals surface area (Å²) in [5, 5.41) is 41.2. The Morgan fingerprint density at radius 2 is 0.962 bits per heavy atom. The number of aryl methyl sites for hydroxylation is 4. The first-order chi connectivity index (χ1) is 12.2. The van der Waals surface area contributed by atoms with Gasteiger partial charge in [-0.05, 0) is 97.5 Å². The molecule has 0 aliphatic rings. The van der Waals surface area contributed by atoms with E-state index in [2.05, 4.69) is 0 Å². The minimum atomic E-state index is -0.0426. The number of hydrogen-bond donors (Lipinski definition) is 4. The van der Waals surface area contributed by atoms with Crippen molar-refractivity contribution >= 4 is 0 Å². The van der Waals surface area contributed by atoms with E-state index in [1.807, 2.05) is 0 Å². The van der Waals surface area contributed by atoms with Crippen LogP contribution < -0.4 is 0 Å². The van der Waals surface area contributed by atoms with Crippen LogP contribution in [-0.4, -0.2) is 20.4 Å².